The Morgan fingerprint density at radius 2 is 1.87 bits per heavy atom. The molecule has 0 bridgehead atoms. The van der Waals surface area contributed by atoms with Crippen molar-refractivity contribution in [3.05, 3.63) is 63.4 Å². The first-order valence-electron chi connectivity index (χ1n) is 13.5. The van der Waals surface area contributed by atoms with E-state index in [2.05, 4.69) is 9.88 Å². The Morgan fingerprint density at radius 1 is 1.13 bits per heavy atom. The highest BCUT2D eigenvalue weighted by Gasteiger charge is 2.37. The average Bonchev–Trinajstić information content (AvgIpc) is 2.87. The summed E-state index contributed by atoms with van der Waals surface area (Å²) in [6.07, 6.45) is 1.37. The molecule has 1 saturated heterocycles. The topological polar surface area (TPSA) is 67.2 Å². The molecule has 2 aliphatic rings. The van der Waals surface area contributed by atoms with E-state index < -0.39 is 30.2 Å². The number of likely N-dealkylation sites (tertiary alicyclic amines) is 1. The van der Waals surface area contributed by atoms with Crippen LogP contribution in [0.2, 0.25) is 5.02 Å². The lowest BCUT2D eigenvalue weighted by molar-refractivity contribution is -0.158. The molecule has 5 rings (SSSR count). The van der Waals surface area contributed by atoms with E-state index in [0.29, 0.717) is 33.3 Å². The second kappa shape index (κ2) is 11.3. The molecule has 1 aliphatic carbocycles. The zero-order valence-corrected chi connectivity index (χ0v) is 22.6. The van der Waals surface area contributed by atoms with E-state index in [1.807, 2.05) is 23.5 Å². The third-order valence-electron chi connectivity index (χ3n) is 7.90. The molecule has 10 heteroatoms. The second-order valence-corrected chi connectivity index (χ2v) is 11.3. The number of carbonyl (C=O) groups excluding carboxylic acids is 1. The summed E-state index contributed by atoms with van der Waals surface area (Å²) >= 11 is 6.16. The van der Waals surface area contributed by atoms with Crippen LogP contribution in [0.15, 0.2) is 47.3 Å². The highest BCUT2D eigenvalue weighted by atomic mass is 35.5. The van der Waals surface area contributed by atoms with Crippen molar-refractivity contribution in [2.24, 2.45) is 5.92 Å². The molecule has 1 atom stereocenters. The number of alkyl halides is 3. The highest BCUT2D eigenvalue weighted by Crippen LogP contribution is 2.42. The van der Waals surface area contributed by atoms with Crippen molar-refractivity contribution < 1.29 is 18.0 Å². The van der Waals surface area contributed by atoms with Gasteiger partial charge in [0.15, 0.2) is 0 Å². The first-order chi connectivity index (χ1) is 18.6. The highest BCUT2D eigenvalue weighted by molar-refractivity contribution is 6.30. The van der Waals surface area contributed by atoms with Gasteiger partial charge in [-0.25, -0.2) is 4.98 Å². The summed E-state index contributed by atoms with van der Waals surface area (Å²) in [6.45, 7) is 3.72. The maximum atomic E-state index is 13.7. The number of hydrogen-bond donors (Lipinski definition) is 1. The summed E-state index contributed by atoms with van der Waals surface area (Å²) in [7, 11) is 0. The number of rotatable bonds is 7. The second-order valence-electron chi connectivity index (χ2n) is 10.8. The van der Waals surface area contributed by atoms with Gasteiger partial charge in [-0.2, -0.15) is 13.2 Å². The summed E-state index contributed by atoms with van der Waals surface area (Å²) < 4.78 is 40.2. The summed E-state index contributed by atoms with van der Waals surface area (Å²) in [4.78, 5) is 33.5. The number of fused-ring (bicyclic) bond motifs is 1. The Bertz CT molecular complexity index is 1410. The quantitative estimate of drug-likeness (QED) is 0.399. The molecule has 39 heavy (non-hydrogen) atoms. The van der Waals surface area contributed by atoms with Crippen LogP contribution in [0.3, 0.4) is 0 Å². The monoisotopic (exact) mass is 560 g/mol. The van der Waals surface area contributed by atoms with Gasteiger partial charge in [0.2, 0.25) is 5.91 Å². The van der Waals surface area contributed by atoms with E-state index >= 15 is 0 Å². The molecule has 208 valence electrons. The molecule has 1 N–H and O–H groups in total. The maximum Gasteiger partial charge on any atom is 0.408 e. The summed E-state index contributed by atoms with van der Waals surface area (Å²) in [5, 5.41) is 2.69. The molecule has 0 radical (unpaired) electrons. The van der Waals surface area contributed by atoms with Crippen molar-refractivity contribution in [1.82, 2.24) is 19.8 Å². The molecule has 6 nitrogen and oxygen atoms in total. The van der Waals surface area contributed by atoms with Gasteiger partial charge in [-0.3, -0.25) is 14.2 Å². The zero-order chi connectivity index (χ0) is 27.7. The lowest BCUT2D eigenvalue weighted by Crippen LogP contribution is -2.45. The first kappa shape index (κ1) is 27.6. The number of nitrogens with one attached hydrogen (secondary N) is 1. The third-order valence-corrected chi connectivity index (χ3v) is 8.14. The predicted octanol–water partition coefficient (Wildman–Crippen LogP) is 5.76. The van der Waals surface area contributed by atoms with Crippen LogP contribution in [-0.4, -0.2) is 52.2 Å². The molecule has 1 saturated carbocycles. The number of carbonyl (C=O) groups is 1. The van der Waals surface area contributed by atoms with Gasteiger partial charge in [-0.05, 0) is 87.4 Å². The zero-order valence-electron chi connectivity index (χ0n) is 21.8. The average molecular weight is 561 g/mol. The van der Waals surface area contributed by atoms with Crippen LogP contribution in [0.4, 0.5) is 13.2 Å². The Morgan fingerprint density at radius 3 is 2.56 bits per heavy atom. The molecule has 0 unspecified atom stereocenters. The Kier molecular flexibility index (Phi) is 8.01. The van der Waals surface area contributed by atoms with Crippen LogP contribution in [0.25, 0.3) is 22.3 Å². The number of halogens is 4. The summed E-state index contributed by atoms with van der Waals surface area (Å²) in [5.74, 6) is 0.230. The molecular formula is C29H32ClF3N4O2. The van der Waals surface area contributed by atoms with Crippen molar-refractivity contribution in [3.63, 3.8) is 0 Å². The summed E-state index contributed by atoms with van der Waals surface area (Å²) in [5.41, 5.74) is 1.52. The molecule has 2 aromatic carbocycles. The minimum absolute atomic E-state index is 0.169. The van der Waals surface area contributed by atoms with E-state index in [1.165, 1.54) is 32.4 Å². The fourth-order valence-corrected chi connectivity index (χ4v) is 5.85. The predicted molar refractivity (Wildman–Crippen MR) is 146 cm³/mol. The van der Waals surface area contributed by atoms with Gasteiger partial charge in [0.05, 0.1) is 10.9 Å². The SMILES string of the molecule is C[C@H](NC(=O)Cn1c(-c2cccc(Cl)c2)nc2ccc(C3CC(CN4CCCCC4)C3)cc2c1=O)C(F)(F)F. The van der Waals surface area contributed by atoms with E-state index in [4.69, 9.17) is 11.6 Å². The fourth-order valence-electron chi connectivity index (χ4n) is 5.66. The van der Waals surface area contributed by atoms with Crippen LogP contribution in [0.5, 0.6) is 0 Å². The lowest BCUT2D eigenvalue weighted by Gasteiger charge is -2.40. The Hall–Kier alpha value is -2.91. The first-order valence-corrected chi connectivity index (χ1v) is 13.8. The molecule has 2 heterocycles. The maximum absolute atomic E-state index is 13.7. The van der Waals surface area contributed by atoms with E-state index in [-0.39, 0.29) is 5.82 Å². The number of amides is 1. The van der Waals surface area contributed by atoms with E-state index in [0.717, 1.165) is 36.4 Å². The van der Waals surface area contributed by atoms with Crippen molar-refractivity contribution in [2.45, 2.75) is 63.7 Å². The van der Waals surface area contributed by atoms with Crippen molar-refractivity contribution in [1.29, 1.82) is 0 Å². The van der Waals surface area contributed by atoms with Crippen LogP contribution in [0, 0.1) is 5.92 Å². The number of benzene rings is 2. The van der Waals surface area contributed by atoms with Gasteiger partial charge in [-0.15, -0.1) is 0 Å². The molecule has 2 fully saturated rings. The molecule has 3 aromatic rings. The van der Waals surface area contributed by atoms with Gasteiger partial charge in [0.1, 0.15) is 18.4 Å². The van der Waals surface area contributed by atoms with Gasteiger partial charge in [0.25, 0.3) is 5.56 Å². The fraction of sp³-hybridized carbons (Fsp3) is 0.483. The van der Waals surface area contributed by atoms with Crippen molar-refractivity contribution in [2.75, 3.05) is 19.6 Å². The summed E-state index contributed by atoms with van der Waals surface area (Å²) in [6, 6.07) is 10.2. The minimum atomic E-state index is -4.60. The molecular weight excluding hydrogens is 529 g/mol. The Balaban J connectivity index is 1.43. The van der Waals surface area contributed by atoms with Gasteiger partial charge < -0.3 is 10.2 Å². The standard InChI is InChI=1S/C29H32ClF3N4O2/c1-18(29(31,32)33)34-26(38)17-37-27(21-6-5-7-23(30)14-21)35-25-9-8-20(15-24(25)28(37)39)22-12-19(13-22)16-36-10-3-2-4-11-36/h5-9,14-15,18-19,22H,2-4,10-13,16-17H2,1H3,(H,34,38)/t18-,19?,22?/m0/s1. The number of piperidine rings is 1. The van der Waals surface area contributed by atoms with Gasteiger partial charge >= 0.3 is 6.18 Å². The third kappa shape index (κ3) is 6.30. The number of hydrogen-bond acceptors (Lipinski definition) is 4. The van der Waals surface area contributed by atoms with Crippen LogP contribution < -0.4 is 10.9 Å². The van der Waals surface area contributed by atoms with Crippen LogP contribution in [0.1, 0.15) is 50.5 Å². The number of nitrogens with zero attached hydrogens (tertiary/aromatic N) is 3. The van der Waals surface area contributed by atoms with Crippen molar-refractivity contribution >= 4 is 28.4 Å². The molecule has 1 aliphatic heterocycles. The van der Waals surface area contributed by atoms with Gasteiger partial charge in [-0.1, -0.05) is 36.2 Å². The molecule has 1 aromatic heterocycles. The van der Waals surface area contributed by atoms with Crippen molar-refractivity contribution in [3.8, 4) is 11.4 Å². The lowest BCUT2D eigenvalue weighted by atomic mass is 9.71. The largest absolute Gasteiger partial charge is 0.408 e. The Labute approximate surface area is 230 Å². The molecule has 0 spiro atoms. The van der Waals surface area contributed by atoms with Crippen LogP contribution >= 0.6 is 11.6 Å². The number of aromatic nitrogens is 2. The van der Waals surface area contributed by atoms with Gasteiger partial charge in [0, 0.05) is 17.1 Å². The van der Waals surface area contributed by atoms with E-state index in [9.17, 15) is 22.8 Å². The smallest absolute Gasteiger partial charge is 0.343 e. The minimum Gasteiger partial charge on any atom is -0.343 e. The van der Waals surface area contributed by atoms with E-state index in [1.54, 1.807) is 24.3 Å². The molecule has 1 amide bonds. The van der Waals surface area contributed by atoms with Crippen LogP contribution in [-0.2, 0) is 11.3 Å². The normalized spacial score (nSPS) is 20.9.